The van der Waals surface area contributed by atoms with Gasteiger partial charge in [-0.25, -0.2) is 0 Å². The van der Waals surface area contributed by atoms with Gasteiger partial charge in [-0.05, 0) is 115 Å². The average Bonchev–Trinajstić information content (AvgIpc) is 3.37. The Kier molecular flexibility index (Phi) is 12.7. The fraction of sp³-hybridized carbons (Fsp3) is 0. The standard InChI is InChI=1S/C62H47N/c1-7-21-51(22-8-1)60(52-23-9-2-10-24-52)33-19-20-48-34-40-57(41-35-48)63(58-42-36-49(37-43-58)46-61(53-25-11-3-12-26-53)54-27-13-4-14-28-54)59-44-38-50(39-45-59)47-62(55-29-15-5-16-30-55)56-31-17-6-18-32-56/h1-47H/b20-19+. The molecule has 0 fully saturated rings. The van der Waals surface area contributed by atoms with E-state index in [0.29, 0.717) is 0 Å². The molecule has 0 saturated carbocycles. The van der Waals surface area contributed by atoms with Crippen LogP contribution in [0.5, 0.6) is 0 Å². The van der Waals surface area contributed by atoms with Crippen molar-refractivity contribution in [3.05, 3.63) is 317 Å². The molecule has 0 radical (unpaired) electrons. The van der Waals surface area contributed by atoms with E-state index >= 15 is 0 Å². The van der Waals surface area contributed by atoms with Gasteiger partial charge in [0.2, 0.25) is 0 Å². The van der Waals surface area contributed by atoms with Crippen molar-refractivity contribution in [2.75, 3.05) is 4.90 Å². The van der Waals surface area contributed by atoms with Gasteiger partial charge < -0.3 is 4.90 Å². The first-order valence-electron chi connectivity index (χ1n) is 21.5. The molecule has 0 heterocycles. The summed E-state index contributed by atoms with van der Waals surface area (Å²) in [7, 11) is 0. The molecule has 9 aromatic carbocycles. The topological polar surface area (TPSA) is 3.24 Å². The number of rotatable bonds is 13. The molecule has 9 aromatic rings. The van der Waals surface area contributed by atoms with E-state index in [1.807, 2.05) is 0 Å². The number of allylic oxidation sites excluding steroid dienone is 2. The zero-order chi connectivity index (χ0) is 42.5. The Hall–Kier alpha value is -8.26. The number of hydrogen-bond acceptors (Lipinski definition) is 1. The Morgan fingerprint density at radius 1 is 0.254 bits per heavy atom. The third-order valence-corrected chi connectivity index (χ3v) is 11.1. The predicted molar refractivity (Wildman–Crippen MR) is 270 cm³/mol. The van der Waals surface area contributed by atoms with Gasteiger partial charge in [-0.3, -0.25) is 0 Å². The van der Waals surface area contributed by atoms with Crippen molar-refractivity contribution in [2.45, 2.75) is 0 Å². The Labute approximate surface area is 372 Å². The third-order valence-electron chi connectivity index (χ3n) is 11.1. The SMILES string of the molecule is C(/C=C/c1ccc(N(c2ccc(C=C(c3ccccc3)c3ccccc3)cc2)c2ccc(C=C(c3ccccc3)c3ccccc3)cc2)cc1)=C(c1ccccc1)c1ccccc1. The molecular formula is C62H47N. The van der Waals surface area contributed by atoms with Crippen LogP contribution in [0.15, 0.2) is 267 Å². The first-order valence-corrected chi connectivity index (χ1v) is 21.5. The van der Waals surface area contributed by atoms with Crippen LogP contribution in [-0.2, 0) is 0 Å². The molecule has 63 heavy (non-hydrogen) atoms. The highest BCUT2D eigenvalue weighted by Gasteiger charge is 2.14. The second kappa shape index (κ2) is 19.9. The van der Waals surface area contributed by atoms with E-state index in [4.69, 9.17) is 0 Å². The smallest absolute Gasteiger partial charge is 0.0462 e. The van der Waals surface area contributed by atoms with Crippen molar-refractivity contribution in [1.29, 1.82) is 0 Å². The average molecular weight is 806 g/mol. The molecule has 300 valence electrons. The van der Waals surface area contributed by atoms with E-state index in [1.54, 1.807) is 0 Å². The van der Waals surface area contributed by atoms with Crippen molar-refractivity contribution >= 4 is 52.0 Å². The highest BCUT2D eigenvalue weighted by Crippen LogP contribution is 2.37. The molecule has 0 spiro atoms. The second-order valence-electron chi connectivity index (χ2n) is 15.4. The van der Waals surface area contributed by atoms with Gasteiger partial charge in [0.1, 0.15) is 0 Å². The fourth-order valence-electron chi connectivity index (χ4n) is 7.94. The van der Waals surface area contributed by atoms with Crippen LogP contribution < -0.4 is 4.90 Å². The van der Waals surface area contributed by atoms with Gasteiger partial charge in [0.25, 0.3) is 0 Å². The Morgan fingerprint density at radius 3 is 0.794 bits per heavy atom. The van der Waals surface area contributed by atoms with Crippen molar-refractivity contribution in [2.24, 2.45) is 0 Å². The molecule has 0 aliphatic rings. The lowest BCUT2D eigenvalue weighted by molar-refractivity contribution is 1.28. The van der Waals surface area contributed by atoms with Crippen LogP contribution in [0.3, 0.4) is 0 Å². The van der Waals surface area contributed by atoms with E-state index < -0.39 is 0 Å². The van der Waals surface area contributed by atoms with E-state index in [-0.39, 0.29) is 0 Å². The molecule has 0 aromatic heterocycles. The van der Waals surface area contributed by atoms with Crippen LogP contribution in [-0.4, -0.2) is 0 Å². The molecule has 0 atom stereocenters. The molecule has 1 nitrogen and oxygen atoms in total. The highest BCUT2D eigenvalue weighted by molar-refractivity contribution is 5.93. The van der Waals surface area contributed by atoms with Gasteiger partial charge in [-0.1, -0.05) is 237 Å². The molecule has 0 saturated heterocycles. The van der Waals surface area contributed by atoms with Gasteiger partial charge in [0, 0.05) is 17.1 Å². The minimum absolute atomic E-state index is 1.08. The summed E-state index contributed by atoms with van der Waals surface area (Å²) >= 11 is 0. The quantitative estimate of drug-likeness (QED) is 0.0829. The largest absolute Gasteiger partial charge is 0.311 e. The summed E-state index contributed by atoms with van der Waals surface area (Å²) in [5.74, 6) is 0. The summed E-state index contributed by atoms with van der Waals surface area (Å²) in [5, 5.41) is 0. The van der Waals surface area contributed by atoms with Crippen molar-refractivity contribution in [3.63, 3.8) is 0 Å². The maximum Gasteiger partial charge on any atom is 0.0462 e. The van der Waals surface area contributed by atoms with Gasteiger partial charge in [0.15, 0.2) is 0 Å². The second-order valence-corrected chi connectivity index (χ2v) is 15.4. The van der Waals surface area contributed by atoms with Gasteiger partial charge in [0.05, 0.1) is 0 Å². The van der Waals surface area contributed by atoms with Crippen LogP contribution in [0.1, 0.15) is 50.1 Å². The van der Waals surface area contributed by atoms with E-state index in [1.165, 1.54) is 50.1 Å². The molecule has 0 bridgehead atoms. The van der Waals surface area contributed by atoms with E-state index in [2.05, 4.69) is 290 Å². The number of benzene rings is 9. The molecule has 0 unspecified atom stereocenters. The molecule has 0 aliphatic carbocycles. The van der Waals surface area contributed by atoms with E-state index in [0.717, 1.165) is 33.8 Å². The minimum Gasteiger partial charge on any atom is -0.311 e. The summed E-state index contributed by atoms with van der Waals surface area (Å²) in [6.45, 7) is 0. The Bertz CT molecular complexity index is 2690. The summed E-state index contributed by atoms with van der Waals surface area (Å²) in [6, 6.07) is 90.2. The minimum atomic E-state index is 1.08. The maximum atomic E-state index is 2.34. The highest BCUT2D eigenvalue weighted by atomic mass is 15.1. The number of hydrogen-bond donors (Lipinski definition) is 0. The number of anilines is 3. The first-order chi connectivity index (χ1) is 31.2. The normalized spacial score (nSPS) is 10.8. The molecule has 9 rings (SSSR count). The van der Waals surface area contributed by atoms with Crippen molar-refractivity contribution in [1.82, 2.24) is 0 Å². The third kappa shape index (κ3) is 10.0. The van der Waals surface area contributed by atoms with Gasteiger partial charge >= 0.3 is 0 Å². The summed E-state index contributed by atoms with van der Waals surface area (Å²) in [5.41, 5.74) is 17.3. The van der Waals surface area contributed by atoms with Crippen LogP contribution in [0.25, 0.3) is 34.9 Å². The predicted octanol–water partition coefficient (Wildman–Crippen LogP) is 16.5. The molecule has 1 heteroatoms. The Balaban J connectivity index is 1.06. The van der Waals surface area contributed by atoms with E-state index in [9.17, 15) is 0 Å². The molecule has 0 amide bonds. The lowest BCUT2D eigenvalue weighted by atomic mass is 9.95. The molecule has 0 N–H and O–H groups in total. The molecule has 0 aliphatic heterocycles. The van der Waals surface area contributed by atoms with Gasteiger partial charge in [-0.15, -0.1) is 0 Å². The van der Waals surface area contributed by atoms with Crippen molar-refractivity contribution < 1.29 is 0 Å². The summed E-state index contributed by atoms with van der Waals surface area (Å²) < 4.78 is 0. The van der Waals surface area contributed by atoms with Crippen LogP contribution in [0, 0.1) is 0 Å². The lowest BCUT2D eigenvalue weighted by Crippen LogP contribution is -2.09. The zero-order valence-corrected chi connectivity index (χ0v) is 35.1. The summed E-state index contributed by atoms with van der Waals surface area (Å²) in [4.78, 5) is 2.34. The maximum absolute atomic E-state index is 2.34. The monoisotopic (exact) mass is 805 g/mol. The molecular weight excluding hydrogens is 759 g/mol. The lowest BCUT2D eigenvalue weighted by Gasteiger charge is -2.26. The Morgan fingerprint density at radius 2 is 0.508 bits per heavy atom. The summed E-state index contributed by atoms with van der Waals surface area (Å²) in [6.07, 6.45) is 11.1. The van der Waals surface area contributed by atoms with Gasteiger partial charge in [-0.2, -0.15) is 0 Å². The fourth-order valence-corrected chi connectivity index (χ4v) is 7.94. The number of nitrogens with zero attached hydrogens (tertiary/aromatic N) is 1. The zero-order valence-electron chi connectivity index (χ0n) is 35.1. The van der Waals surface area contributed by atoms with Crippen LogP contribution in [0.4, 0.5) is 17.1 Å². The van der Waals surface area contributed by atoms with Crippen molar-refractivity contribution in [3.8, 4) is 0 Å². The first kappa shape index (κ1) is 40.2. The van der Waals surface area contributed by atoms with Crippen LogP contribution >= 0.6 is 0 Å². The van der Waals surface area contributed by atoms with Crippen LogP contribution in [0.2, 0.25) is 0 Å².